The van der Waals surface area contributed by atoms with Crippen LogP contribution >= 0.6 is 0 Å². The van der Waals surface area contributed by atoms with Gasteiger partial charge in [0, 0.05) is 44.3 Å². The molecule has 19 atom stereocenters. The van der Waals surface area contributed by atoms with Crippen LogP contribution in [-0.2, 0) is 50.9 Å². The van der Waals surface area contributed by atoms with Gasteiger partial charge in [0.2, 0.25) is 0 Å². The van der Waals surface area contributed by atoms with Crippen LogP contribution in [0.3, 0.4) is 0 Å². The zero-order valence-corrected chi connectivity index (χ0v) is 45.2. The fraction of sp³-hybridized carbons (Fsp3) is 0.808. The van der Waals surface area contributed by atoms with Crippen LogP contribution < -0.4 is 4.90 Å². The van der Waals surface area contributed by atoms with Crippen LogP contribution in [0.25, 0.3) is 0 Å². The molecule has 0 saturated carbocycles. The lowest BCUT2D eigenvalue weighted by Crippen LogP contribution is -2.60. The van der Waals surface area contributed by atoms with Crippen molar-refractivity contribution in [2.24, 2.45) is 17.8 Å². The zero-order valence-electron chi connectivity index (χ0n) is 45.2. The van der Waals surface area contributed by atoms with Gasteiger partial charge in [0.25, 0.3) is 0 Å². The van der Waals surface area contributed by atoms with E-state index in [9.17, 15) is 39.5 Å². The van der Waals surface area contributed by atoms with Gasteiger partial charge in [-0.15, -0.1) is 5.10 Å². The molecule has 4 saturated heterocycles. The number of aryl methyl sites for hydroxylation is 1. The molecule has 6 rings (SSSR count). The number of methoxy groups -OCH3 is 1. The molecule has 1 aromatic heterocycles. The first kappa shape index (κ1) is 58.8. The molecule has 4 fully saturated rings. The summed E-state index contributed by atoms with van der Waals surface area (Å²) >= 11 is 0. The molecule has 20 nitrogen and oxygen atoms in total. The Labute approximate surface area is 430 Å². The average molecular weight is 1040 g/mol. The molecule has 0 aliphatic carbocycles. The summed E-state index contributed by atoms with van der Waals surface area (Å²) in [6.45, 7) is 18.9. The van der Waals surface area contributed by atoms with Crippen molar-refractivity contribution in [2.75, 3.05) is 45.7 Å². The average Bonchev–Trinajstić information content (AvgIpc) is 3.94. The van der Waals surface area contributed by atoms with E-state index in [4.69, 9.17) is 33.2 Å². The number of anilines is 1. The van der Waals surface area contributed by atoms with E-state index in [-0.39, 0.29) is 44.4 Å². The monoisotopic (exact) mass is 1040 g/mol. The number of likely N-dealkylation sites (N-methyl/N-ethyl adjacent to an activating group) is 2. The van der Waals surface area contributed by atoms with Crippen LogP contribution in [0.5, 0.6) is 0 Å². The Morgan fingerprint density at radius 1 is 0.959 bits per heavy atom. The van der Waals surface area contributed by atoms with Crippen molar-refractivity contribution in [1.82, 2.24) is 24.8 Å². The summed E-state index contributed by atoms with van der Waals surface area (Å²) in [6.07, 6.45) is -7.28. The summed E-state index contributed by atoms with van der Waals surface area (Å²) in [5.74, 6) is -3.29. The van der Waals surface area contributed by atoms with Crippen molar-refractivity contribution in [1.29, 1.82) is 0 Å². The Morgan fingerprint density at radius 3 is 2.34 bits per heavy atom. The molecular weight excluding hydrogens is 952 g/mol. The van der Waals surface area contributed by atoms with E-state index in [1.165, 1.54) is 37.1 Å². The van der Waals surface area contributed by atoms with Crippen molar-refractivity contribution in [2.45, 2.75) is 211 Å². The number of carbonyl (C=O) groups excluding carboxylic acids is 2. The molecule has 21 heteroatoms. The highest BCUT2D eigenvalue weighted by Gasteiger charge is 2.53. The van der Waals surface area contributed by atoms with E-state index < -0.39 is 120 Å². The first-order valence-corrected chi connectivity index (χ1v) is 26.1. The van der Waals surface area contributed by atoms with E-state index in [0.717, 1.165) is 5.69 Å². The molecule has 0 spiro atoms. The fourth-order valence-electron chi connectivity index (χ4n) is 11.6. The smallest absolute Gasteiger partial charge is 0.414 e. The zero-order chi connectivity index (χ0) is 53.9. The molecular formula is C52H85FN6O14. The van der Waals surface area contributed by atoms with Crippen molar-refractivity contribution < 1.29 is 72.7 Å². The second-order valence-corrected chi connectivity index (χ2v) is 22.3. The highest BCUT2D eigenvalue weighted by Crippen LogP contribution is 2.40. The SMILES string of the molecule is CC[C@H]1OC(=O)[C@H](C)[C@@H](O[C@H]2C[C@@](C)(OC)[C@@H](O)[C@H](C)O2)[C@H](C)[C@@H](O[C@@H]2O[C@H](C)C[C@H](N(C)CCCc3cn(C[C@H]4CN(c5cccc(F)c5)C(=O)O4)nn3)[C@H]2O)[C@](C)(O)C[C@@H](C)CN(C)[C@H](C)[C@@H](O)[C@]1(C)O. The molecule has 0 bridgehead atoms. The highest BCUT2D eigenvalue weighted by atomic mass is 19.1. The predicted octanol–water partition coefficient (Wildman–Crippen LogP) is 3.66. The van der Waals surface area contributed by atoms with E-state index in [1.807, 2.05) is 32.8 Å². The molecule has 1 amide bonds. The van der Waals surface area contributed by atoms with Gasteiger partial charge in [0.05, 0.1) is 66.0 Å². The number of aliphatic hydroxyl groups is 5. The largest absolute Gasteiger partial charge is 0.459 e. The van der Waals surface area contributed by atoms with Crippen LogP contribution in [0, 0.1) is 23.6 Å². The number of aliphatic hydroxyl groups excluding tert-OH is 3. The van der Waals surface area contributed by atoms with Crippen LogP contribution in [0.2, 0.25) is 0 Å². The summed E-state index contributed by atoms with van der Waals surface area (Å²) < 4.78 is 59.3. The van der Waals surface area contributed by atoms with Crippen molar-refractivity contribution in [3.05, 3.63) is 42.0 Å². The van der Waals surface area contributed by atoms with Crippen LogP contribution in [0.15, 0.2) is 30.5 Å². The number of hydrogen-bond donors (Lipinski definition) is 5. The van der Waals surface area contributed by atoms with Gasteiger partial charge in [-0.05, 0) is 125 Å². The minimum atomic E-state index is -1.85. The lowest BCUT2D eigenvalue weighted by Gasteiger charge is -2.49. The first-order chi connectivity index (χ1) is 34.2. The molecule has 0 unspecified atom stereocenters. The lowest BCUT2D eigenvalue weighted by molar-refractivity contribution is -0.318. The Hall–Kier alpha value is -3.45. The molecule has 4 aliphatic rings. The summed E-state index contributed by atoms with van der Waals surface area (Å²) in [7, 11) is 5.25. The number of rotatable bonds is 14. The first-order valence-electron chi connectivity index (χ1n) is 26.1. The topological polar surface area (TPSA) is 240 Å². The molecule has 2 aromatic rings. The normalized spacial score (nSPS) is 40.8. The van der Waals surface area contributed by atoms with E-state index in [2.05, 4.69) is 15.2 Å². The molecule has 5 heterocycles. The second-order valence-electron chi connectivity index (χ2n) is 22.3. The minimum Gasteiger partial charge on any atom is -0.459 e. The number of nitrogens with zero attached hydrogens (tertiary/aromatic N) is 6. The Morgan fingerprint density at radius 2 is 1.67 bits per heavy atom. The maximum atomic E-state index is 14.5. The number of carbonyl (C=O) groups is 2. The quantitative estimate of drug-likeness (QED) is 0.170. The van der Waals surface area contributed by atoms with Gasteiger partial charge >= 0.3 is 12.1 Å². The van der Waals surface area contributed by atoms with E-state index in [1.54, 1.807) is 65.4 Å². The molecule has 73 heavy (non-hydrogen) atoms. The standard InChI is InChI=1S/C52H85FN6O14/c1-14-40-52(10,66)44(61)33(6)57(12)25-29(2)23-50(8,65)46(31(4)43(32(5)47(63)71-40)72-41-24-51(9,67-13)45(62)34(7)69-41)73-48-42(60)39(21-30(3)68-48)56(11)20-16-18-36-26-58(55-54-36)27-38-28-59(49(64)70-38)37-19-15-17-35(53)22-37/h15,17,19,22,26,29-34,38-46,48,60-62,65-66H,14,16,18,20-21,23-25,27-28H2,1-13H3/t29-,30-,31+,32-,33-,34+,38+,39+,40-,41+,42-,43+,44-,45+,46-,48+,50-,51-,52-/m1/s1. The Kier molecular flexibility index (Phi) is 19.5. The predicted molar refractivity (Wildman–Crippen MR) is 265 cm³/mol. The maximum absolute atomic E-state index is 14.5. The third kappa shape index (κ3) is 13.8. The Balaban J connectivity index is 1.21. The van der Waals surface area contributed by atoms with Crippen LogP contribution in [0.1, 0.15) is 107 Å². The summed E-state index contributed by atoms with van der Waals surface area (Å²) in [4.78, 5) is 32.4. The molecule has 4 aliphatic heterocycles. The molecule has 1 aromatic carbocycles. The van der Waals surface area contributed by atoms with Crippen molar-refractivity contribution >= 4 is 17.7 Å². The van der Waals surface area contributed by atoms with Crippen molar-refractivity contribution in [3.8, 4) is 0 Å². The van der Waals surface area contributed by atoms with Crippen molar-refractivity contribution in [3.63, 3.8) is 0 Å². The summed E-state index contributed by atoms with van der Waals surface area (Å²) in [5, 5.41) is 68.3. The highest BCUT2D eigenvalue weighted by molar-refractivity contribution is 5.89. The third-order valence-corrected chi connectivity index (χ3v) is 16.0. The number of ether oxygens (including phenoxy) is 7. The maximum Gasteiger partial charge on any atom is 0.414 e. The van der Waals surface area contributed by atoms with Gasteiger partial charge in [0.15, 0.2) is 12.6 Å². The number of esters is 1. The van der Waals surface area contributed by atoms with E-state index in [0.29, 0.717) is 38.0 Å². The van der Waals surface area contributed by atoms with Gasteiger partial charge in [-0.2, -0.15) is 0 Å². The third-order valence-electron chi connectivity index (χ3n) is 16.0. The van der Waals surface area contributed by atoms with Gasteiger partial charge < -0.3 is 68.5 Å². The summed E-state index contributed by atoms with van der Waals surface area (Å²) in [6, 6.07) is 4.77. The van der Waals surface area contributed by atoms with Gasteiger partial charge in [-0.1, -0.05) is 32.1 Å². The number of cyclic esters (lactones) is 2. The van der Waals surface area contributed by atoms with Crippen LogP contribution in [0.4, 0.5) is 14.9 Å². The van der Waals surface area contributed by atoms with Gasteiger partial charge in [-0.3, -0.25) is 9.69 Å². The molecule has 0 radical (unpaired) electrons. The summed E-state index contributed by atoms with van der Waals surface area (Å²) in [5.41, 5.74) is -3.42. The number of halogens is 1. The van der Waals surface area contributed by atoms with Crippen LogP contribution in [-0.4, -0.2) is 200 Å². The fourth-order valence-corrected chi connectivity index (χ4v) is 11.6. The Bertz CT molecular complexity index is 2120. The molecule has 414 valence electrons. The number of amides is 1. The van der Waals surface area contributed by atoms with E-state index >= 15 is 0 Å². The number of hydrogen-bond acceptors (Lipinski definition) is 18. The number of benzene rings is 1. The lowest BCUT2D eigenvalue weighted by atomic mass is 9.77. The van der Waals surface area contributed by atoms with Gasteiger partial charge in [-0.25, -0.2) is 13.9 Å². The molecule has 5 N–H and O–H groups in total. The van der Waals surface area contributed by atoms with Gasteiger partial charge in [0.1, 0.15) is 41.9 Å². The second kappa shape index (κ2) is 24.3. The number of aromatic nitrogens is 3. The minimum absolute atomic E-state index is 0.0891.